The van der Waals surface area contributed by atoms with Gasteiger partial charge in [-0.15, -0.1) is 0 Å². The minimum Gasteiger partial charge on any atom is -0.492 e. The highest BCUT2D eigenvalue weighted by molar-refractivity contribution is 6.32. The number of para-hydroxylation sites is 1. The Morgan fingerprint density at radius 2 is 2.14 bits per heavy atom. The summed E-state index contributed by atoms with van der Waals surface area (Å²) in [6.07, 6.45) is 6.26. The lowest BCUT2D eigenvalue weighted by Crippen LogP contribution is -2.31. The van der Waals surface area contributed by atoms with Gasteiger partial charge in [0.2, 0.25) is 0 Å². The standard InChI is InChI=1S/C17H24ClNO2/c18-15-7-2-6-14-16(8-3-9-21-17(14)15)19-11-12-4-1-5-13(20)10-12/h2,6-7,12-13,16,19-20H,1,3-5,8-11H2. The van der Waals surface area contributed by atoms with Gasteiger partial charge in [0.25, 0.3) is 0 Å². The third kappa shape index (κ3) is 3.71. The van der Waals surface area contributed by atoms with Crippen molar-refractivity contribution in [1.82, 2.24) is 5.32 Å². The second-order valence-corrected chi connectivity index (χ2v) is 6.70. The average molecular weight is 310 g/mol. The summed E-state index contributed by atoms with van der Waals surface area (Å²) < 4.78 is 5.81. The number of fused-ring (bicyclic) bond motifs is 1. The van der Waals surface area contributed by atoms with Crippen molar-refractivity contribution in [2.75, 3.05) is 13.2 Å². The predicted octanol–water partition coefficient (Wildman–Crippen LogP) is 3.69. The van der Waals surface area contributed by atoms with Gasteiger partial charge < -0.3 is 15.2 Å². The van der Waals surface area contributed by atoms with E-state index in [2.05, 4.69) is 11.4 Å². The quantitative estimate of drug-likeness (QED) is 0.894. The van der Waals surface area contributed by atoms with E-state index in [0.29, 0.717) is 17.0 Å². The third-order valence-electron chi connectivity index (χ3n) is 4.66. The SMILES string of the molecule is OC1CCCC(CNC2CCCOc3c(Cl)cccc32)C1. The Bertz CT molecular complexity index is 480. The number of nitrogens with one attached hydrogen (secondary N) is 1. The van der Waals surface area contributed by atoms with Crippen molar-refractivity contribution in [3.8, 4) is 5.75 Å². The number of benzene rings is 1. The Kier molecular flexibility index (Phi) is 5.04. The van der Waals surface area contributed by atoms with Crippen LogP contribution in [0.2, 0.25) is 5.02 Å². The molecule has 3 atom stereocenters. The van der Waals surface area contributed by atoms with Crippen LogP contribution in [-0.4, -0.2) is 24.4 Å². The molecule has 116 valence electrons. The number of hydrogen-bond donors (Lipinski definition) is 2. The topological polar surface area (TPSA) is 41.5 Å². The molecule has 1 aliphatic heterocycles. The monoisotopic (exact) mass is 309 g/mol. The van der Waals surface area contributed by atoms with Crippen LogP contribution in [0.25, 0.3) is 0 Å². The van der Waals surface area contributed by atoms with Crippen molar-refractivity contribution >= 4 is 11.6 Å². The summed E-state index contributed by atoms with van der Waals surface area (Å²) in [4.78, 5) is 0. The van der Waals surface area contributed by atoms with E-state index < -0.39 is 0 Å². The molecule has 0 bridgehead atoms. The van der Waals surface area contributed by atoms with E-state index in [4.69, 9.17) is 16.3 Å². The van der Waals surface area contributed by atoms with Gasteiger partial charge in [0.05, 0.1) is 17.7 Å². The van der Waals surface area contributed by atoms with Crippen LogP contribution >= 0.6 is 11.6 Å². The summed E-state index contributed by atoms with van der Waals surface area (Å²) in [6.45, 7) is 1.70. The molecule has 3 unspecified atom stereocenters. The Hall–Kier alpha value is -0.770. The van der Waals surface area contributed by atoms with Gasteiger partial charge in [-0.2, -0.15) is 0 Å². The fourth-order valence-electron chi connectivity index (χ4n) is 3.54. The Labute approximate surface area is 131 Å². The van der Waals surface area contributed by atoms with E-state index >= 15 is 0 Å². The molecule has 1 saturated carbocycles. The molecule has 3 rings (SSSR count). The molecule has 1 heterocycles. The Morgan fingerprint density at radius 3 is 3.00 bits per heavy atom. The molecule has 0 amide bonds. The highest BCUT2D eigenvalue weighted by atomic mass is 35.5. The second-order valence-electron chi connectivity index (χ2n) is 6.30. The molecule has 3 nitrogen and oxygen atoms in total. The van der Waals surface area contributed by atoms with Crippen molar-refractivity contribution in [3.63, 3.8) is 0 Å². The lowest BCUT2D eigenvalue weighted by atomic mass is 9.87. The first kappa shape index (κ1) is 15.1. The molecule has 0 aromatic heterocycles. The van der Waals surface area contributed by atoms with Crippen LogP contribution in [0.15, 0.2) is 18.2 Å². The van der Waals surface area contributed by atoms with E-state index in [0.717, 1.165) is 51.0 Å². The van der Waals surface area contributed by atoms with Crippen LogP contribution in [0.3, 0.4) is 0 Å². The molecule has 1 aromatic rings. The maximum atomic E-state index is 9.79. The van der Waals surface area contributed by atoms with Crippen molar-refractivity contribution in [2.24, 2.45) is 5.92 Å². The molecule has 0 radical (unpaired) electrons. The summed E-state index contributed by atoms with van der Waals surface area (Å²) in [6, 6.07) is 6.30. The molecule has 2 N–H and O–H groups in total. The predicted molar refractivity (Wildman–Crippen MR) is 84.9 cm³/mol. The first-order valence-electron chi connectivity index (χ1n) is 8.06. The van der Waals surface area contributed by atoms with Gasteiger partial charge in [-0.25, -0.2) is 0 Å². The number of ether oxygens (including phenoxy) is 1. The van der Waals surface area contributed by atoms with Gasteiger partial charge >= 0.3 is 0 Å². The molecular weight excluding hydrogens is 286 g/mol. The summed E-state index contributed by atoms with van der Waals surface area (Å²) >= 11 is 6.26. The third-order valence-corrected chi connectivity index (χ3v) is 4.96. The minimum absolute atomic E-state index is 0.107. The molecule has 1 aromatic carbocycles. The van der Waals surface area contributed by atoms with E-state index in [-0.39, 0.29) is 6.10 Å². The molecular formula is C17H24ClNO2. The zero-order valence-corrected chi connectivity index (χ0v) is 13.1. The number of aliphatic hydroxyl groups excluding tert-OH is 1. The van der Waals surface area contributed by atoms with Crippen molar-refractivity contribution in [3.05, 3.63) is 28.8 Å². The zero-order chi connectivity index (χ0) is 14.7. The number of halogens is 1. The van der Waals surface area contributed by atoms with E-state index in [1.807, 2.05) is 12.1 Å². The van der Waals surface area contributed by atoms with Gasteiger partial charge in [0.1, 0.15) is 5.75 Å². The van der Waals surface area contributed by atoms with E-state index in [1.165, 1.54) is 12.0 Å². The first-order valence-corrected chi connectivity index (χ1v) is 8.44. The normalized spacial score (nSPS) is 29.3. The van der Waals surface area contributed by atoms with E-state index in [1.54, 1.807) is 0 Å². The van der Waals surface area contributed by atoms with Gasteiger partial charge in [0.15, 0.2) is 0 Å². The average Bonchev–Trinajstić information content (AvgIpc) is 2.69. The molecule has 2 aliphatic rings. The number of aliphatic hydroxyl groups is 1. The molecule has 4 heteroatoms. The van der Waals surface area contributed by atoms with Gasteiger partial charge in [-0.05, 0) is 50.6 Å². The highest BCUT2D eigenvalue weighted by Crippen LogP contribution is 2.37. The molecule has 0 spiro atoms. The molecule has 0 saturated heterocycles. The number of rotatable bonds is 3. The maximum Gasteiger partial charge on any atom is 0.142 e. The highest BCUT2D eigenvalue weighted by Gasteiger charge is 2.24. The lowest BCUT2D eigenvalue weighted by Gasteiger charge is -2.28. The second kappa shape index (κ2) is 6.99. The van der Waals surface area contributed by atoms with Crippen LogP contribution in [0.1, 0.15) is 50.1 Å². The van der Waals surface area contributed by atoms with Gasteiger partial charge in [0, 0.05) is 11.6 Å². The van der Waals surface area contributed by atoms with Crippen LogP contribution in [0, 0.1) is 5.92 Å². The summed E-state index contributed by atoms with van der Waals surface area (Å²) in [5.41, 5.74) is 1.18. The maximum absolute atomic E-state index is 9.79. The minimum atomic E-state index is -0.107. The van der Waals surface area contributed by atoms with Gasteiger partial charge in [-0.3, -0.25) is 0 Å². The van der Waals surface area contributed by atoms with Crippen molar-refractivity contribution in [1.29, 1.82) is 0 Å². The first-order chi connectivity index (χ1) is 10.2. The summed E-state index contributed by atoms with van der Waals surface area (Å²) in [5.74, 6) is 1.43. The van der Waals surface area contributed by atoms with Crippen LogP contribution in [0.4, 0.5) is 0 Å². The van der Waals surface area contributed by atoms with Crippen LogP contribution < -0.4 is 10.1 Å². The van der Waals surface area contributed by atoms with Crippen LogP contribution in [-0.2, 0) is 0 Å². The zero-order valence-electron chi connectivity index (χ0n) is 12.4. The Morgan fingerprint density at radius 1 is 1.24 bits per heavy atom. The Balaban J connectivity index is 1.67. The molecule has 1 aliphatic carbocycles. The number of hydrogen-bond acceptors (Lipinski definition) is 3. The van der Waals surface area contributed by atoms with Crippen LogP contribution in [0.5, 0.6) is 5.75 Å². The lowest BCUT2D eigenvalue weighted by molar-refractivity contribution is 0.0995. The molecule has 21 heavy (non-hydrogen) atoms. The van der Waals surface area contributed by atoms with E-state index in [9.17, 15) is 5.11 Å². The van der Waals surface area contributed by atoms with Crippen molar-refractivity contribution in [2.45, 2.75) is 50.7 Å². The molecule has 1 fully saturated rings. The summed E-state index contributed by atoms with van der Waals surface area (Å²) in [7, 11) is 0. The van der Waals surface area contributed by atoms with Gasteiger partial charge in [-0.1, -0.05) is 30.2 Å². The summed E-state index contributed by atoms with van der Waals surface area (Å²) in [5, 5.41) is 14.2. The van der Waals surface area contributed by atoms with Crippen molar-refractivity contribution < 1.29 is 9.84 Å². The fourth-order valence-corrected chi connectivity index (χ4v) is 3.77. The fraction of sp³-hybridized carbons (Fsp3) is 0.647. The largest absolute Gasteiger partial charge is 0.492 e. The smallest absolute Gasteiger partial charge is 0.142 e.